The molecule has 0 fully saturated rings. The van der Waals surface area contributed by atoms with Crippen molar-refractivity contribution in [3.05, 3.63) is 29.8 Å². The lowest BCUT2D eigenvalue weighted by molar-refractivity contribution is -0.193. The summed E-state index contributed by atoms with van der Waals surface area (Å²) in [5.74, 6) is -4.65. The number of aliphatic carboxylic acids is 2. The molecule has 0 atom stereocenters. The van der Waals surface area contributed by atoms with Gasteiger partial charge >= 0.3 is 24.3 Å². The normalized spacial score (nSPS) is 10.5. The Morgan fingerprint density at radius 2 is 1.42 bits per heavy atom. The number of nitrogens with two attached hydrogens (primary N) is 1. The molecule has 12 heteroatoms. The number of ether oxygens (including phenoxy) is 1. The Labute approximate surface area is 131 Å². The molecule has 0 heterocycles. The number of hydrogen-bond donors (Lipinski definition) is 3. The van der Waals surface area contributed by atoms with Crippen LogP contribution in [0.2, 0.25) is 0 Å². The lowest BCUT2D eigenvalue weighted by atomic mass is 10.2. The second-order valence-electron chi connectivity index (χ2n) is 3.66. The van der Waals surface area contributed by atoms with Gasteiger partial charge in [0, 0.05) is 6.54 Å². The smallest absolute Gasteiger partial charge is 0.490 e. The van der Waals surface area contributed by atoms with Crippen molar-refractivity contribution >= 4 is 11.9 Å². The van der Waals surface area contributed by atoms with Gasteiger partial charge in [-0.15, -0.1) is 0 Å². The van der Waals surface area contributed by atoms with Gasteiger partial charge in [-0.05, 0) is 17.7 Å². The third-order valence-corrected chi connectivity index (χ3v) is 1.85. The molecule has 0 amide bonds. The van der Waals surface area contributed by atoms with Crippen molar-refractivity contribution < 1.29 is 50.9 Å². The Kier molecular flexibility index (Phi) is 10.2. The molecule has 1 aromatic carbocycles. The van der Waals surface area contributed by atoms with E-state index in [0.29, 0.717) is 6.54 Å². The van der Waals surface area contributed by atoms with Gasteiger partial charge in [0.25, 0.3) is 0 Å². The minimum absolute atomic E-state index is 0.567. The first kappa shape index (κ1) is 23.8. The van der Waals surface area contributed by atoms with Crippen molar-refractivity contribution in [2.75, 3.05) is 7.11 Å². The van der Waals surface area contributed by atoms with Crippen LogP contribution in [0.5, 0.6) is 5.75 Å². The molecule has 0 spiro atoms. The van der Waals surface area contributed by atoms with E-state index in [1.165, 1.54) is 0 Å². The van der Waals surface area contributed by atoms with Crippen molar-refractivity contribution in [2.45, 2.75) is 18.9 Å². The molecule has 4 N–H and O–H groups in total. The molecular formula is C12H13F6NO5. The zero-order valence-corrected chi connectivity index (χ0v) is 12.0. The van der Waals surface area contributed by atoms with Crippen LogP contribution in [-0.4, -0.2) is 41.6 Å². The van der Waals surface area contributed by atoms with Crippen LogP contribution in [0.4, 0.5) is 26.3 Å². The SMILES string of the molecule is COc1cccc(CN)c1.O=C(O)C(F)(F)F.O=C(O)C(F)(F)F. The molecule has 1 rings (SSSR count). The molecule has 0 aromatic heterocycles. The summed E-state index contributed by atoms with van der Waals surface area (Å²) in [6.45, 7) is 0.567. The predicted octanol–water partition coefficient (Wildman–Crippen LogP) is 2.42. The van der Waals surface area contributed by atoms with Crippen molar-refractivity contribution in [1.29, 1.82) is 0 Å². The van der Waals surface area contributed by atoms with E-state index < -0.39 is 24.3 Å². The van der Waals surface area contributed by atoms with Crippen LogP contribution >= 0.6 is 0 Å². The minimum atomic E-state index is -5.08. The lowest BCUT2D eigenvalue weighted by Gasteiger charge is -2.00. The van der Waals surface area contributed by atoms with Gasteiger partial charge in [-0.25, -0.2) is 9.59 Å². The summed E-state index contributed by atoms with van der Waals surface area (Å²) in [7, 11) is 1.65. The molecule has 0 aliphatic rings. The van der Waals surface area contributed by atoms with E-state index in [-0.39, 0.29) is 0 Å². The van der Waals surface area contributed by atoms with Crippen LogP contribution in [0.1, 0.15) is 5.56 Å². The second kappa shape index (κ2) is 10.3. The van der Waals surface area contributed by atoms with Crippen LogP contribution in [0.15, 0.2) is 24.3 Å². The first-order chi connectivity index (χ1) is 10.8. The van der Waals surface area contributed by atoms with E-state index >= 15 is 0 Å². The molecule has 0 unspecified atom stereocenters. The topological polar surface area (TPSA) is 110 Å². The Balaban J connectivity index is 0. The highest BCUT2D eigenvalue weighted by molar-refractivity contribution is 5.73. The van der Waals surface area contributed by atoms with E-state index in [2.05, 4.69) is 0 Å². The fourth-order valence-corrected chi connectivity index (χ4v) is 0.799. The third kappa shape index (κ3) is 12.1. The highest BCUT2D eigenvalue weighted by Crippen LogP contribution is 2.13. The molecule has 0 saturated heterocycles. The zero-order chi connectivity index (χ0) is 19.6. The Morgan fingerprint density at radius 1 is 1.04 bits per heavy atom. The van der Waals surface area contributed by atoms with Crippen LogP contribution < -0.4 is 10.5 Å². The Hall–Kier alpha value is -2.50. The standard InChI is InChI=1S/C8H11NO.2C2HF3O2/c1-10-8-4-2-3-7(5-8)6-9;2*3-2(4,5)1(6)7/h2-5H,6,9H2,1H3;2*(H,6,7). The van der Waals surface area contributed by atoms with Gasteiger partial charge in [-0.3, -0.25) is 0 Å². The van der Waals surface area contributed by atoms with E-state index in [9.17, 15) is 26.3 Å². The summed E-state index contributed by atoms with van der Waals surface area (Å²) in [5.41, 5.74) is 6.51. The summed E-state index contributed by atoms with van der Waals surface area (Å²) in [5, 5.41) is 14.2. The predicted molar refractivity (Wildman–Crippen MR) is 68.3 cm³/mol. The van der Waals surface area contributed by atoms with Crippen LogP contribution in [0.25, 0.3) is 0 Å². The summed E-state index contributed by atoms with van der Waals surface area (Å²) >= 11 is 0. The zero-order valence-electron chi connectivity index (χ0n) is 12.0. The second-order valence-corrected chi connectivity index (χ2v) is 3.66. The van der Waals surface area contributed by atoms with Gasteiger partial charge in [0.2, 0.25) is 0 Å². The molecule has 24 heavy (non-hydrogen) atoms. The van der Waals surface area contributed by atoms with Crippen molar-refractivity contribution in [3.8, 4) is 5.75 Å². The first-order valence-electron chi connectivity index (χ1n) is 5.68. The fourth-order valence-electron chi connectivity index (χ4n) is 0.799. The molecule has 0 radical (unpaired) electrons. The molecule has 0 saturated carbocycles. The molecule has 6 nitrogen and oxygen atoms in total. The quantitative estimate of drug-likeness (QED) is 0.695. The average molecular weight is 365 g/mol. The minimum Gasteiger partial charge on any atom is -0.497 e. The molecule has 0 aliphatic carbocycles. The molecular weight excluding hydrogens is 352 g/mol. The summed E-state index contributed by atoms with van der Waals surface area (Å²) in [6, 6.07) is 7.74. The largest absolute Gasteiger partial charge is 0.497 e. The van der Waals surface area contributed by atoms with Gasteiger partial charge in [0.15, 0.2) is 0 Å². The van der Waals surface area contributed by atoms with Crippen molar-refractivity contribution in [1.82, 2.24) is 0 Å². The van der Waals surface area contributed by atoms with Crippen molar-refractivity contribution in [3.63, 3.8) is 0 Å². The maximum absolute atomic E-state index is 10.6. The average Bonchev–Trinajstić information content (AvgIpc) is 2.46. The number of halogens is 6. The monoisotopic (exact) mass is 365 g/mol. The fraction of sp³-hybridized carbons (Fsp3) is 0.333. The number of carboxylic acid groups (broad SMARTS) is 2. The maximum atomic E-state index is 10.6. The van der Waals surface area contributed by atoms with Crippen molar-refractivity contribution in [2.24, 2.45) is 5.73 Å². The van der Waals surface area contributed by atoms with Gasteiger partial charge in [0.1, 0.15) is 5.75 Å². The van der Waals surface area contributed by atoms with Gasteiger partial charge in [0.05, 0.1) is 7.11 Å². The Bertz CT molecular complexity index is 486. The van der Waals surface area contributed by atoms with Crippen LogP contribution in [0, 0.1) is 0 Å². The summed E-state index contributed by atoms with van der Waals surface area (Å²) in [6.07, 6.45) is -10.2. The number of alkyl halides is 6. The van der Waals surface area contributed by atoms with E-state index in [1.807, 2.05) is 24.3 Å². The van der Waals surface area contributed by atoms with Crippen LogP contribution in [-0.2, 0) is 16.1 Å². The van der Waals surface area contributed by atoms with E-state index in [1.54, 1.807) is 7.11 Å². The molecule has 0 aliphatic heterocycles. The summed E-state index contributed by atoms with van der Waals surface area (Å²) < 4.78 is 68.5. The summed E-state index contributed by atoms with van der Waals surface area (Å²) in [4.78, 5) is 17.8. The highest BCUT2D eigenvalue weighted by atomic mass is 19.4. The number of benzene rings is 1. The molecule has 138 valence electrons. The maximum Gasteiger partial charge on any atom is 0.490 e. The number of rotatable bonds is 2. The molecule has 1 aromatic rings. The Morgan fingerprint density at radius 3 is 1.67 bits per heavy atom. The third-order valence-electron chi connectivity index (χ3n) is 1.85. The van der Waals surface area contributed by atoms with Gasteiger partial charge < -0.3 is 20.7 Å². The highest BCUT2D eigenvalue weighted by Gasteiger charge is 2.38. The number of hydrogen-bond acceptors (Lipinski definition) is 4. The van der Waals surface area contributed by atoms with Gasteiger partial charge in [-0.1, -0.05) is 12.1 Å². The van der Waals surface area contributed by atoms with Gasteiger partial charge in [-0.2, -0.15) is 26.3 Å². The first-order valence-corrected chi connectivity index (χ1v) is 5.68. The number of carboxylic acids is 2. The lowest BCUT2D eigenvalue weighted by Crippen LogP contribution is -2.21. The van der Waals surface area contributed by atoms with Crippen LogP contribution in [0.3, 0.4) is 0 Å². The van der Waals surface area contributed by atoms with E-state index in [0.717, 1.165) is 11.3 Å². The van der Waals surface area contributed by atoms with E-state index in [4.69, 9.17) is 30.3 Å². The molecule has 0 bridgehead atoms. The number of carbonyl (C=O) groups is 2. The number of methoxy groups -OCH3 is 1.